The quantitative estimate of drug-likeness (QED) is 0.0934. The molecule has 2 aromatic rings. The highest BCUT2D eigenvalue weighted by atomic mass is 16.5. The molecule has 0 aromatic heterocycles. The van der Waals surface area contributed by atoms with Crippen LogP contribution in [-0.2, 0) is 22.5 Å². The summed E-state index contributed by atoms with van der Waals surface area (Å²) in [5, 5.41) is 0. The molecule has 0 N–H and O–H groups in total. The number of carbonyl (C=O) groups is 1. The van der Waals surface area contributed by atoms with E-state index in [-0.39, 0.29) is 11.9 Å². The van der Waals surface area contributed by atoms with Gasteiger partial charge in [-0.15, -0.1) is 0 Å². The molecule has 0 bridgehead atoms. The fraction of sp³-hybridized carbons (Fsp3) is 0.618. The molecule has 4 heteroatoms. The predicted octanol–water partition coefficient (Wildman–Crippen LogP) is 8.37. The Morgan fingerprint density at radius 3 is 2.08 bits per heavy atom. The number of quaternary nitrogens is 1. The van der Waals surface area contributed by atoms with Gasteiger partial charge in [0.15, 0.2) is 0 Å². The lowest BCUT2D eigenvalue weighted by Gasteiger charge is -2.32. The van der Waals surface area contributed by atoms with Crippen molar-refractivity contribution >= 4 is 5.97 Å². The lowest BCUT2D eigenvalue weighted by molar-refractivity contribution is -0.906. The van der Waals surface area contributed by atoms with Crippen molar-refractivity contribution in [1.29, 1.82) is 0 Å². The number of rotatable bonds is 21. The normalized spacial score (nSPS) is 12.3. The van der Waals surface area contributed by atoms with Gasteiger partial charge in [-0.05, 0) is 30.9 Å². The van der Waals surface area contributed by atoms with E-state index in [1.165, 1.54) is 68.9 Å². The van der Waals surface area contributed by atoms with E-state index in [0.29, 0.717) is 19.6 Å². The standard InChI is InChI=1S/C34H54NO3/c1-5-7-8-9-10-11-12-13-17-23-32-24-18-19-25-33(32)37-26-20-27-38-34(36)31(6-2)29-35(3,4)28-30-21-15-14-16-22-30/h14-16,18-19,21-22,24-25,31H,5-13,17,20,23,26-29H2,1-4H3/q+1. The van der Waals surface area contributed by atoms with Gasteiger partial charge in [-0.3, -0.25) is 4.79 Å². The molecule has 0 radical (unpaired) electrons. The molecular formula is C34H54NO3+. The Morgan fingerprint density at radius 2 is 1.39 bits per heavy atom. The molecule has 0 saturated heterocycles. The zero-order valence-corrected chi connectivity index (χ0v) is 24.8. The summed E-state index contributed by atoms with van der Waals surface area (Å²) in [5.74, 6) is 0.800. The molecule has 2 aromatic carbocycles. The largest absolute Gasteiger partial charge is 0.493 e. The van der Waals surface area contributed by atoms with E-state index in [1.54, 1.807) is 0 Å². The van der Waals surface area contributed by atoms with E-state index in [9.17, 15) is 4.79 Å². The Labute approximate surface area is 233 Å². The third kappa shape index (κ3) is 13.5. The summed E-state index contributed by atoms with van der Waals surface area (Å²) >= 11 is 0. The molecule has 0 amide bonds. The second-order valence-electron chi connectivity index (χ2n) is 11.4. The minimum absolute atomic E-state index is 0.0856. The number of unbranched alkanes of at least 4 members (excludes halogenated alkanes) is 8. The smallest absolute Gasteiger partial charge is 0.314 e. The van der Waals surface area contributed by atoms with Crippen LogP contribution >= 0.6 is 0 Å². The van der Waals surface area contributed by atoms with Gasteiger partial charge in [0.05, 0.1) is 33.9 Å². The summed E-state index contributed by atoms with van der Waals surface area (Å²) in [6.07, 6.45) is 14.6. The molecule has 0 aliphatic carbocycles. The zero-order chi connectivity index (χ0) is 27.5. The van der Waals surface area contributed by atoms with Gasteiger partial charge in [-0.1, -0.05) is 114 Å². The summed E-state index contributed by atoms with van der Waals surface area (Å²) in [7, 11) is 4.37. The van der Waals surface area contributed by atoms with Crippen molar-refractivity contribution in [2.75, 3.05) is 33.9 Å². The average Bonchev–Trinajstić information content (AvgIpc) is 2.91. The number of para-hydroxylation sites is 1. The first-order chi connectivity index (χ1) is 18.4. The fourth-order valence-corrected chi connectivity index (χ4v) is 5.12. The first-order valence-corrected chi connectivity index (χ1v) is 15.2. The monoisotopic (exact) mass is 524 g/mol. The molecule has 0 heterocycles. The molecular weight excluding hydrogens is 470 g/mol. The summed E-state index contributed by atoms with van der Waals surface area (Å²) in [5.41, 5.74) is 2.58. The maximum Gasteiger partial charge on any atom is 0.314 e. The third-order valence-electron chi connectivity index (χ3n) is 7.31. The Hall–Kier alpha value is -2.33. The Kier molecular flexibility index (Phi) is 15.8. The van der Waals surface area contributed by atoms with Crippen LogP contribution in [0.3, 0.4) is 0 Å². The van der Waals surface area contributed by atoms with Crippen LogP contribution in [0.1, 0.15) is 95.6 Å². The van der Waals surface area contributed by atoms with Gasteiger partial charge in [0.1, 0.15) is 18.2 Å². The Balaban J connectivity index is 1.64. The van der Waals surface area contributed by atoms with Crippen molar-refractivity contribution in [2.24, 2.45) is 5.92 Å². The van der Waals surface area contributed by atoms with Crippen molar-refractivity contribution in [3.63, 3.8) is 0 Å². The molecule has 0 fully saturated rings. The fourth-order valence-electron chi connectivity index (χ4n) is 5.12. The minimum Gasteiger partial charge on any atom is -0.493 e. The lowest BCUT2D eigenvalue weighted by atomic mass is 10.0. The number of hydrogen-bond donors (Lipinski definition) is 0. The summed E-state index contributed by atoms with van der Waals surface area (Å²) in [6, 6.07) is 18.8. The van der Waals surface area contributed by atoms with Crippen LogP contribution in [0.15, 0.2) is 54.6 Å². The molecule has 1 unspecified atom stereocenters. The number of esters is 1. The van der Waals surface area contributed by atoms with Crippen LogP contribution in [0.4, 0.5) is 0 Å². The number of ether oxygens (including phenoxy) is 2. The zero-order valence-electron chi connectivity index (χ0n) is 24.8. The van der Waals surface area contributed by atoms with Crippen LogP contribution < -0.4 is 4.74 Å². The van der Waals surface area contributed by atoms with Gasteiger partial charge in [0.25, 0.3) is 0 Å². The number of aryl methyl sites for hydroxylation is 1. The summed E-state index contributed by atoms with van der Waals surface area (Å²) < 4.78 is 12.5. The highest BCUT2D eigenvalue weighted by Crippen LogP contribution is 2.21. The van der Waals surface area contributed by atoms with E-state index < -0.39 is 0 Å². The molecule has 2 rings (SSSR count). The van der Waals surface area contributed by atoms with E-state index >= 15 is 0 Å². The first kappa shape index (κ1) is 31.9. The molecule has 4 nitrogen and oxygen atoms in total. The molecule has 0 saturated carbocycles. The second-order valence-corrected chi connectivity index (χ2v) is 11.4. The molecule has 0 aliphatic rings. The van der Waals surface area contributed by atoms with Gasteiger partial charge in [-0.2, -0.15) is 0 Å². The summed E-state index contributed by atoms with van der Waals surface area (Å²) in [6.45, 7) is 6.98. The minimum atomic E-state index is -0.0910. The highest BCUT2D eigenvalue weighted by molar-refractivity contribution is 5.72. The van der Waals surface area contributed by atoms with Gasteiger partial charge >= 0.3 is 5.97 Å². The van der Waals surface area contributed by atoms with Crippen molar-refractivity contribution in [1.82, 2.24) is 0 Å². The van der Waals surface area contributed by atoms with Crippen LogP contribution in [-0.4, -0.2) is 44.3 Å². The van der Waals surface area contributed by atoms with Gasteiger partial charge < -0.3 is 14.0 Å². The van der Waals surface area contributed by atoms with Crippen molar-refractivity contribution in [2.45, 2.75) is 97.4 Å². The molecule has 0 spiro atoms. The van der Waals surface area contributed by atoms with Gasteiger partial charge in [0, 0.05) is 12.0 Å². The van der Waals surface area contributed by atoms with Crippen LogP contribution in [0, 0.1) is 5.92 Å². The van der Waals surface area contributed by atoms with Crippen LogP contribution in [0.5, 0.6) is 5.75 Å². The topological polar surface area (TPSA) is 35.5 Å². The van der Waals surface area contributed by atoms with Crippen LogP contribution in [0.25, 0.3) is 0 Å². The number of carbonyl (C=O) groups excluding carboxylic acids is 1. The van der Waals surface area contributed by atoms with Crippen molar-refractivity contribution in [3.8, 4) is 5.75 Å². The Bertz CT molecular complexity index is 880. The average molecular weight is 525 g/mol. The van der Waals surface area contributed by atoms with Gasteiger partial charge in [0.2, 0.25) is 0 Å². The Morgan fingerprint density at radius 1 is 0.763 bits per heavy atom. The maximum absolute atomic E-state index is 12.8. The predicted molar refractivity (Wildman–Crippen MR) is 159 cm³/mol. The second kappa shape index (κ2) is 18.8. The van der Waals surface area contributed by atoms with Gasteiger partial charge in [-0.25, -0.2) is 0 Å². The maximum atomic E-state index is 12.8. The first-order valence-electron chi connectivity index (χ1n) is 15.2. The number of nitrogens with zero attached hydrogens (tertiary/aromatic N) is 1. The molecule has 212 valence electrons. The number of hydrogen-bond acceptors (Lipinski definition) is 3. The highest BCUT2D eigenvalue weighted by Gasteiger charge is 2.27. The molecule has 0 aliphatic heterocycles. The summed E-state index contributed by atoms with van der Waals surface area (Å²) in [4.78, 5) is 12.8. The molecule has 1 atom stereocenters. The number of benzene rings is 2. The lowest BCUT2D eigenvalue weighted by Crippen LogP contribution is -2.44. The van der Waals surface area contributed by atoms with Crippen molar-refractivity contribution < 1.29 is 18.8 Å². The van der Waals surface area contributed by atoms with Crippen LogP contribution in [0.2, 0.25) is 0 Å². The SMILES string of the molecule is CCCCCCCCCCCc1ccccc1OCCCOC(=O)C(CC)C[N+](C)(C)Cc1ccccc1. The van der Waals surface area contributed by atoms with E-state index in [2.05, 4.69) is 70.4 Å². The van der Waals surface area contributed by atoms with E-state index in [4.69, 9.17) is 9.47 Å². The molecule has 38 heavy (non-hydrogen) atoms. The third-order valence-corrected chi connectivity index (χ3v) is 7.31. The van der Waals surface area contributed by atoms with E-state index in [1.807, 2.05) is 12.1 Å². The van der Waals surface area contributed by atoms with Crippen molar-refractivity contribution in [3.05, 3.63) is 65.7 Å². The van der Waals surface area contributed by atoms with E-state index in [0.717, 1.165) is 36.2 Å².